The average Bonchev–Trinajstić information content (AvgIpc) is 2.85. The molecular weight excluding hydrogens is 378 g/mol. The van der Waals surface area contributed by atoms with E-state index in [2.05, 4.69) is 10.3 Å². The van der Waals surface area contributed by atoms with Crippen molar-refractivity contribution in [2.75, 3.05) is 5.32 Å². The second-order valence-electron chi connectivity index (χ2n) is 4.35. The molecule has 1 aromatic heterocycles. The van der Waals surface area contributed by atoms with Crippen molar-refractivity contribution in [2.24, 2.45) is 0 Å². The highest BCUT2D eigenvalue weighted by molar-refractivity contribution is 14.1. The number of hydrogen-bond acceptors (Lipinski definition) is 4. The smallest absolute Gasteiger partial charge is 0.293 e. The molecule has 0 saturated carbocycles. The average molecular weight is 390 g/mol. The van der Waals surface area contributed by atoms with E-state index < -0.39 is 10.7 Å². The molecule has 2 aromatic rings. The number of benzene rings is 1. The summed E-state index contributed by atoms with van der Waals surface area (Å²) in [5, 5.41) is 14.0. The molecule has 106 valence electrons. The first-order valence-corrected chi connectivity index (χ1v) is 6.91. The highest BCUT2D eigenvalue weighted by Crippen LogP contribution is 2.29. The minimum Gasteiger partial charge on any atom is -0.375 e. The van der Waals surface area contributed by atoms with Crippen molar-refractivity contribution in [1.29, 1.82) is 0 Å². The number of nitro benzene ring substituents is 1. The fraction of sp³-hybridized carbons (Fsp3) is 0.250. The molecule has 0 radical (unpaired) electrons. The summed E-state index contributed by atoms with van der Waals surface area (Å²) in [6.45, 7) is 2.43. The van der Waals surface area contributed by atoms with Crippen molar-refractivity contribution >= 4 is 34.0 Å². The monoisotopic (exact) mass is 390 g/mol. The number of anilines is 1. The Kier molecular flexibility index (Phi) is 4.53. The van der Waals surface area contributed by atoms with Gasteiger partial charge in [0.15, 0.2) is 0 Å². The van der Waals surface area contributed by atoms with Gasteiger partial charge in [0, 0.05) is 37.1 Å². The van der Waals surface area contributed by atoms with Gasteiger partial charge in [0.1, 0.15) is 11.5 Å². The fourth-order valence-electron chi connectivity index (χ4n) is 1.83. The number of halogens is 2. The molecule has 0 saturated heterocycles. The van der Waals surface area contributed by atoms with Gasteiger partial charge >= 0.3 is 0 Å². The number of aromatic nitrogens is 2. The van der Waals surface area contributed by atoms with Gasteiger partial charge in [0.2, 0.25) is 0 Å². The first kappa shape index (κ1) is 14.7. The van der Waals surface area contributed by atoms with Gasteiger partial charge in [-0.2, -0.15) is 0 Å². The third-order valence-corrected chi connectivity index (χ3v) is 3.51. The lowest BCUT2D eigenvalue weighted by Crippen LogP contribution is -2.22. The Labute approximate surface area is 128 Å². The predicted molar refractivity (Wildman–Crippen MR) is 81.1 cm³/mol. The molecule has 0 aliphatic carbocycles. The Bertz CT molecular complexity index is 618. The second kappa shape index (κ2) is 6.16. The van der Waals surface area contributed by atoms with Crippen LogP contribution >= 0.6 is 22.6 Å². The molecule has 6 nitrogen and oxygen atoms in total. The Hall–Kier alpha value is -1.71. The maximum atomic E-state index is 13.6. The van der Waals surface area contributed by atoms with Crippen molar-refractivity contribution in [2.45, 2.75) is 19.5 Å². The van der Waals surface area contributed by atoms with Gasteiger partial charge in [-0.1, -0.05) is 0 Å². The summed E-state index contributed by atoms with van der Waals surface area (Å²) in [4.78, 5) is 14.4. The van der Waals surface area contributed by atoms with Crippen LogP contribution in [0.15, 0.2) is 30.9 Å². The van der Waals surface area contributed by atoms with Gasteiger partial charge in [0.25, 0.3) is 5.69 Å². The zero-order chi connectivity index (χ0) is 14.7. The summed E-state index contributed by atoms with van der Waals surface area (Å²) >= 11 is 1.73. The van der Waals surface area contributed by atoms with Crippen molar-refractivity contribution < 1.29 is 9.31 Å². The van der Waals surface area contributed by atoms with E-state index in [1.165, 1.54) is 6.07 Å². The summed E-state index contributed by atoms with van der Waals surface area (Å²) < 4.78 is 15.6. The number of nitrogens with one attached hydrogen (secondary N) is 1. The van der Waals surface area contributed by atoms with E-state index in [0.717, 1.165) is 6.07 Å². The minimum atomic E-state index is -0.520. The zero-order valence-electron chi connectivity index (χ0n) is 10.6. The molecule has 0 spiro atoms. The van der Waals surface area contributed by atoms with Crippen molar-refractivity contribution in [3.8, 4) is 0 Å². The predicted octanol–water partition coefficient (Wildman–Crippen LogP) is 3.04. The van der Waals surface area contributed by atoms with Gasteiger partial charge in [-0.15, -0.1) is 0 Å². The highest BCUT2D eigenvalue weighted by Gasteiger charge is 2.18. The molecule has 1 heterocycles. The molecule has 0 aliphatic rings. The first-order chi connectivity index (χ1) is 9.47. The van der Waals surface area contributed by atoms with Gasteiger partial charge in [0.05, 0.1) is 14.8 Å². The number of nitro groups is 1. The molecule has 0 amide bonds. The van der Waals surface area contributed by atoms with E-state index in [1.54, 1.807) is 41.3 Å². The quantitative estimate of drug-likeness (QED) is 0.484. The maximum Gasteiger partial charge on any atom is 0.293 e. The van der Waals surface area contributed by atoms with Crippen LogP contribution in [0.25, 0.3) is 0 Å². The van der Waals surface area contributed by atoms with Gasteiger partial charge in [-0.25, -0.2) is 9.37 Å². The van der Waals surface area contributed by atoms with Gasteiger partial charge < -0.3 is 9.88 Å². The Morgan fingerprint density at radius 2 is 2.35 bits per heavy atom. The van der Waals surface area contributed by atoms with E-state index >= 15 is 0 Å². The summed E-state index contributed by atoms with van der Waals surface area (Å²) in [7, 11) is 0. The van der Waals surface area contributed by atoms with Crippen LogP contribution in [-0.2, 0) is 6.54 Å². The standard InChI is InChI=1S/C12H12FIN4O2/c1-8(6-17-3-2-15-7-17)16-11-4-9(13)10(14)5-12(11)18(19)20/h2-5,7-8,16H,6H2,1H3. The first-order valence-electron chi connectivity index (χ1n) is 5.83. The Morgan fingerprint density at radius 3 is 2.95 bits per heavy atom. The summed E-state index contributed by atoms with van der Waals surface area (Å²) in [5.41, 5.74) is 0.0498. The van der Waals surface area contributed by atoms with E-state index in [1.807, 2.05) is 11.5 Å². The molecule has 1 aromatic carbocycles. The van der Waals surface area contributed by atoms with E-state index in [0.29, 0.717) is 6.54 Å². The number of rotatable bonds is 5. The normalized spacial score (nSPS) is 12.2. The van der Waals surface area contributed by atoms with E-state index in [4.69, 9.17) is 0 Å². The lowest BCUT2D eigenvalue weighted by Gasteiger charge is -2.16. The highest BCUT2D eigenvalue weighted by atomic mass is 127. The summed E-state index contributed by atoms with van der Waals surface area (Å²) in [5.74, 6) is -0.478. The van der Waals surface area contributed by atoms with Crippen LogP contribution in [0, 0.1) is 19.5 Å². The van der Waals surface area contributed by atoms with Crippen LogP contribution in [0.1, 0.15) is 6.92 Å². The van der Waals surface area contributed by atoms with Crippen LogP contribution < -0.4 is 5.32 Å². The van der Waals surface area contributed by atoms with Crippen molar-refractivity contribution in [1.82, 2.24) is 9.55 Å². The van der Waals surface area contributed by atoms with Crippen molar-refractivity contribution in [3.63, 3.8) is 0 Å². The molecule has 2 rings (SSSR count). The SMILES string of the molecule is CC(Cn1ccnc1)Nc1cc(F)c(I)cc1[N+](=O)[O-]. The molecule has 0 aliphatic heterocycles. The summed E-state index contributed by atoms with van der Waals surface area (Å²) in [6, 6.07) is 2.27. The third-order valence-electron chi connectivity index (χ3n) is 2.68. The van der Waals surface area contributed by atoms with Gasteiger partial charge in [-0.05, 0) is 29.5 Å². The number of nitrogens with zero attached hydrogens (tertiary/aromatic N) is 3. The molecule has 0 bridgehead atoms. The fourth-order valence-corrected chi connectivity index (χ4v) is 2.28. The number of imidazole rings is 1. The topological polar surface area (TPSA) is 73.0 Å². The third kappa shape index (κ3) is 3.44. The molecule has 8 heteroatoms. The maximum absolute atomic E-state index is 13.6. The zero-order valence-corrected chi connectivity index (χ0v) is 12.7. The second-order valence-corrected chi connectivity index (χ2v) is 5.51. The van der Waals surface area contributed by atoms with Crippen LogP contribution in [0.4, 0.5) is 15.8 Å². The lowest BCUT2D eigenvalue weighted by molar-refractivity contribution is -0.384. The molecule has 20 heavy (non-hydrogen) atoms. The lowest BCUT2D eigenvalue weighted by atomic mass is 10.2. The van der Waals surface area contributed by atoms with Crippen LogP contribution in [-0.4, -0.2) is 20.5 Å². The molecule has 1 unspecified atom stereocenters. The Morgan fingerprint density at radius 1 is 1.60 bits per heavy atom. The molecule has 0 fully saturated rings. The Balaban J connectivity index is 2.19. The molecular formula is C12H12FIN4O2. The minimum absolute atomic E-state index is 0.109. The van der Waals surface area contributed by atoms with E-state index in [-0.39, 0.29) is 21.0 Å². The van der Waals surface area contributed by atoms with E-state index in [9.17, 15) is 14.5 Å². The number of hydrogen-bond donors (Lipinski definition) is 1. The van der Waals surface area contributed by atoms with Crippen LogP contribution in [0.3, 0.4) is 0 Å². The van der Waals surface area contributed by atoms with Crippen LogP contribution in [0.5, 0.6) is 0 Å². The molecule has 1 N–H and O–H groups in total. The van der Waals surface area contributed by atoms with Gasteiger partial charge in [-0.3, -0.25) is 10.1 Å². The van der Waals surface area contributed by atoms with Crippen LogP contribution in [0.2, 0.25) is 0 Å². The summed E-state index contributed by atoms with van der Waals surface area (Å²) in [6.07, 6.45) is 5.10. The molecule has 1 atom stereocenters. The van der Waals surface area contributed by atoms with Crippen molar-refractivity contribution in [3.05, 3.63) is 50.4 Å². The largest absolute Gasteiger partial charge is 0.375 e.